The van der Waals surface area contributed by atoms with Gasteiger partial charge >= 0.3 is 5.76 Å². The zero-order chi connectivity index (χ0) is 15.8. The number of nitrogens with one attached hydrogen (secondary N) is 1. The van der Waals surface area contributed by atoms with Gasteiger partial charge in [-0.25, -0.2) is 14.3 Å². The first-order valence-electron chi connectivity index (χ1n) is 6.66. The average Bonchev–Trinajstić information content (AvgIpc) is 3.16. The van der Waals surface area contributed by atoms with Crippen molar-refractivity contribution in [1.82, 2.24) is 24.7 Å². The number of H-pyrrole nitrogens is 1. The summed E-state index contributed by atoms with van der Waals surface area (Å²) >= 11 is 1.32. The summed E-state index contributed by atoms with van der Waals surface area (Å²) in [5.74, 6) is 0.0597. The normalized spacial score (nSPS) is 11.1. The minimum Gasteiger partial charge on any atom is -0.308 e. The average molecular weight is 327 g/mol. The molecular weight excluding hydrogens is 318 g/mol. The first kappa shape index (κ1) is 13.6. The second-order valence-corrected chi connectivity index (χ2v) is 5.66. The number of rotatable bonds is 3. The molecule has 114 valence electrons. The molecule has 0 atom stereocenters. The minimum atomic E-state index is -0.628. The van der Waals surface area contributed by atoms with E-state index in [0.29, 0.717) is 27.4 Å². The Morgan fingerprint density at radius 2 is 2.22 bits per heavy atom. The molecule has 4 aromatic heterocycles. The molecule has 0 bridgehead atoms. The molecule has 1 N–H and O–H groups in total. The van der Waals surface area contributed by atoms with E-state index in [-0.39, 0.29) is 12.1 Å². The SMILES string of the molecule is O=c1[nH]c(Cn2c(-c3cccnc3)noc2=O)nc2ccsc12. The van der Waals surface area contributed by atoms with E-state index in [1.807, 2.05) is 0 Å². The van der Waals surface area contributed by atoms with Crippen molar-refractivity contribution in [3.05, 3.63) is 62.7 Å². The Bertz CT molecular complexity index is 1090. The van der Waals surface area contributed by atoms with Crippen LogP contribution in [0.5, 0.6) is 0 Å². The van der Waals surface area contributed by atoms with Gasteiger partial charge in [0, 0.05) is 18.0 Å². The van der Waals surface area contributed by atoms with Crippen LogP contribution in [0.1, 0.15) is 5.82 Å². The van der Waals surface area contributed by atoms with Gasteiger partial charge in [-0.15, -0.1) is 11.3 Å². The molecule has 23 heavy (non-hydrogen) atoms. The van der Waals surface area contributed by atoms with E-state index in [1.54, 1.807) is 36.0 Å². The second-order valence-electron chi connectivity index (χ2n) is 4.75. The Morgan fingerprint density at radius 1 is 1.30 bits per heavy atom. The van der Waals surface area contributed by atoms with Gasteiger partial charge in [-0.05, 0) is 23.6 Å². The standard InChI is InChI=1S/C14H9N5O3S/c20-13-11-9(3-5-23-11)16-10(17-13)7-19-12(18-22-14(19)21)8-2-1-4-15-6-8/h1-6H,7H2,(H,16,17,20). The molecular formula is C14H9N5O3S. The first-order chi connectivity index (χ1) is 11.2. The summed E-state index contributed by atoms with van der Waals surface area (Å²) in [6.07, 6.45) is 3.20. The quantitative estimate of drug-likeness (QED) is 0.607. The Hall–Kier alpha value is -3.07. The van der Waals surface area contributed by atoms with Crippen LogP contribution < -0.4 is 11.3 Å². The van der Waals surface area contributed by atoms with E-state index in [1.165, 1.54) is 15.9 Å². The van der Waals surface area contributed by atoms with Gasteiger partial charge in [-0.1, -0.05) is 5.16 Å². The van der Waals surface area contributed by atoms with Gasteiger partial charge in [-0.3, -0.25) is 14.3 Å². The van der Waals surface area contributed by atoms with E-state index in [9.17, 15) is 9.59 Å². The molecule has 4 rings (SSSR count). The van der Waals surface area contributed by atoms with Gasteiger partial charge < -0.3 is 4.98 Å². The summed E-state index contributed by atoms with van der Waals surface area (Å²) in [5.41, 5.74) is 1.01. The lowest BCUT2D eigenvalue weighted by Gasteiger charge is -2.04. The topological polar surface area (TPSA) is 107 Å². The molecule has 0 fully saturated rings. The maximum atomic E-state index is 12.0. The Kier molecular flexibility index (Phi) is 3.12. The summed E-state index contributed by atoms with van der Waals surface area (Å²) in [5, 5.41) is 5.57. The van der Waals surface area contributed by atoms with Crippen molar-refractivity contribution in [1.29, 1.82) is 0 Å². The zero-order valence-electron chi connectivity index (χ0n) is 11.6. The monoisotopic (exact) mass is 327 g/mol. The number of hydrogen-bond donors (Lipinski definition) is 1. The van der Waals surface area contributed by atoms with Crippen LogP contribution in [0.3, 0.4) is 0 Å². The van der Waals surface area contributed by atoms with Crippen LogP contribution in [0.15, 0.2) is 50.1 Å². The van der Waals surface area contributed by atoms with Crippen LogP contribution in [-0.4, -0.2) is 24.7 Å². The Balaban J connectivity index is 1.81. The van der Waals surface area contributed by atoms with Gasteiger partial charge in [0.1, 0.15) is 10.5 Å². The number of aromatic nitrogens is 5. The maximum Gasteiger partial charge on any atom is 0.442 e. The molecule has 0 saturated heterocycles. The first-order valence-corrected chi connectivity index (χ1v) is 7.53. The second kappa shape index (κ2) is 5.29. The summed E-state index contributed by atoms with van der Waals surface area (Å²) in [6.45, 7) is 0.0492. The number of pyridine rings is 1. The molecule has 0 unspecified atom stereocenters. The summed E-state index contributed by atoms with van der Waals surface area (Å²) in [6, 6.07) is 5.26. The van der Waals surface area contributed by atoms with Crippen LogP contribution in [0.25, 0.3) is 21.6 Å². The molecule has 0 aromatic carbocycles. The lowest BCUT2D eigenvalue weighted by atomic mass is 10.2. The molecule has 0 saturated carbocycles. The van der Waals surface area contributed by atoms with Gasteiger partial charge in [0.15, 0.2) is 5.82 Å². The molecule has 8 nitrogen and oxygen atoms in total. The predicted molar refractivity (Wildman–Crippen MR) is 83.3 cm³/mol. The van der Waals surface area contributed by atoms with Gasteiger partial charge in [0.25, 0.3) is 5.56 Å². The van der Waals surface area contributed by atoms with Crippen molar-refractivity contribution in [2.45, 2.75) is 6.54 Å². The highest BCUT2D eigenvalue weighted by molar-refractivity contribution is 7.17. The van der Waals surface area contributed by atoms with E-state index >= 15 is 0 Å². The molecule has 0 radical (unpaired) electrons. The van der Waals surface area contributed by atoms with E-state index < -0.39 is 5.76 Å². The number of hydrogen-bond acceptors (Lipinski definition) is 7. The zero-order valence-corrected chi connectivity index (χ0v) is 12.4. The summed E-state index contributed by atoms with van der Waals surface area (Å²) < 4.78 is 6.59. The smallest absolute Gasteiger partial charge is 0.308 e. The lowest BCUT2D eigenvalue weighted by molar-refractivity contribution is 0.377. The highest BCUT2D eigenvalue weighted by Gasteiger charge is 2.15. The molecule has 4 aromatic rings. The van der Waals surface area contributed by atoms with E-state index in [4.69, 9.17) is 4.52 Å². The van der Waals surface area contributed by atoms with Crippen molar-refractivity contribution in [3.8, 4) is 11.4 Å². The molecule has 9 heteroatoms. The van der Waals surface area contributed by atoms with Crippen molar-refractivity contribution in [3.63, 3.8) is 0 Å². The number of aromatic amines is 1. The maximum absolute atomic E-state index is 12.0. The van der Waals surface area contributed by atoms with Gasteiger partial charge in [0.2, 0.25) is 0 Å². The van der Waals surface area contributed by atoms with Crippen LogP contribution in [0.2, 0.25) is 0 Å². The third-order valence-corrected chi connectivity index (χ3v) is 4.18. The highest BCUT2D eigenvalue weighted by atomic mass is 32.1. The van der Waals surface area contributed by atoms with Gasteiger partial charge in [-0.2, -0.15) is 0 Å². The summed E-state index contributed by atoms with van der Waals surface area (Å²) in [4.78, 5) is 35.0. The predicted octanol–water partition coefficient (Wildman–Crippen LogP) is 1.24. The largest absolute Gasteiger partial charge is 0.442 e. The van der Waals surface area contributed by atoms with E-state index in [0.717, 1.165) is 0 Å². The molecule has 4 heterocycles. The molecule has 0 spiro atoms. The van der Waals surface area contributed by atoms with Crippen LogP contribution in [0, 0.1) is 0 Å². The highest BCUT2D eigenvalue weighted by Crippen LogP contribution is 2.16. The number of fused-ring (bicyclic) bond motifs is 1. The number of thiophene rings is 1. The van der Waals surface area contributed by atoms with Crippen LogP contribution in [0.4, 0.5) is 0 Å². The van der Waals surface area contributed by atoms with Crippen molar-refractivity contribution >= 4 is 21.6 Å². The number of nitrogens with zero attached hydrogens (tertiary/aromatic N) is 4. The molecule has 0 aliphatic rings. The van der Waals surface area contributed by atoms with Crippen LogP contribution >= 0.6 is 11.3 Å². The molecule has 0 amide bonds. The minimum absolute atomic E-state index is 0.0492. The Morgan fingerprint density at radius 3 is 3.04 bits per heavy atom. The van der Waals surface area contributed by atoms with Crippen molar-refractivity contribution in [2.75, 3.05) is 0 Å². The fourth-order valence-electron chi connectivity index (χ4n) is 2.26. The lowest BCUT2D eigenvalue weighted by Crippen LogP contribution is -2.20. The van der Waals surface area contributed by atoms with Crippen LogP contribution in [-0.2, 0) is 6.54 Å². The fourth-order valence-corrected chi connectivity index (χ4v) is 2.98. The van der Waals surface area contributed by atoms with Gasteiger partial charge in [0.05, 0.1) is 12.1 Å². The molecule has 0 aliphatic heterocycles. The summed E-state index contributed by atoms with van der Waals surface area (Å²) in [7, 11) is 0. The Labute approximate surface area is 132 Å². The van der Waals surface area contributed by atoms with Crippen molar-refractivity contribution in [2.24, 2.45) is 0 Å². The third kappa shape index (κ3) is 2.36. The van der Waals surface area contributed by atoms with Crippen molar-refractivity contribution < 1.29 is 4.52 Å². The van der Waals surface area contributed by atoms with E-state index in [2.05, 4.69) is 20.1 Å². The fraction of sp³-hybridized carbons (Fsp3) is 0.0714. The third-order valence-electron chi connectivity index (χ3n) is 3.28. The molecule has 0 aliphatic carbocycles.